The number of amides is 1. The maximum atomic E-state index is 13.3. The lowest BCUT2D eigenvalue weighted by molar-refractivity contribution is -0.136. The number of fused-ring (bicyclic) bond motifs is 1. The van der Waals surface area contributed by atoms with Crippen LogP contribution in [0.1, 0.15) is 11.6 Å². The quantitative estimate of drug-likeness (QED) is 0.624. The van der Waals surface area contributed by atoms with Crippen molar-refractivity contribution in [1.82, 2.24) is 24.8 Å². The van der Waals surface area contributed by atoms with E-state index in [9.17, 15) is 4.79 Å². The topological polar surface area (TPSA) is 68.4 Å². The van der Waals surface area contributed by atoms with Crippen molar-refractivity contribution in [3.63, 3.8) is 0 Å². The molecule has 4 rings (SSSR count). The molecule has 1 unspecified atom stereocenters. The van der Waals surface area contributed by atoms with Gasteiger partial charge in [-0.3, -0.25) is 9.69 Å². The van der Waals surface area contributed by atoms with Crippen LogP contribution in [0.15, 0.2) is 41.3 Å². The molecule has 3 heterocycles. The maximum absolute atomic E-state index is 13.3. The molecule has 0 radical (unpaired) electrons. The van der Waals surface area contributed by atoms with Gasteiger partial charge in [0.15, 0.2) is 0 Å². The Morgan fingerprint density at radius 3 is 2.52 bits per heavy atom. The molecule has 1 aliphatic heterocycles. The molecular formula is C20H22BrClN6O. The summed E-state index contributed by atoms with van der Waals surface area (Å²) in [6, 6.07) is 7.16. The third kappa shape index (κ3) is 3.97. The number of rotatable bonds is 4. The van der Waals surface area contributed by atoms with Crippen molar-refractivity contribution in [3.05, 3.63) is 51.8 Å². The number of carbonyl (C=O) groups excluding carboxylic acids is 1. The zero-order chi connectivity index (χ0) is 20.5. The summed E-state index contributed by atoms with van der Waals surface area (Å²) in [7, 11) is 3.85. The Hall–Kier alpha value is -2.16. The highest BCUT2D eigenvalue weighted by atomic mass is 79.9. The number of nitrogens with zero attached hydrogens (tertiary/aromatic N) is 5. The summed E-state index contributed by atoms with van der Waals surface area (Å²) in [6.07, 6.45) is 3.44. The van der Waals surface area contributed by atoms with Gasteiger partial charge < -0.3 is 14.8 Å². The first-order chi connectivity index (χ1) is 14.0. The van der Waals surface area contributed by atoms with E-state index in [1.54, 1.807) is 6.33 Å². The third-order valence-electron chi connectivity index (χ3n) is 5.23. The van der Waals surface area contributed by atoms with E-state index in [1.165, 1.54) is 0 Å². The summed E-state index contributed by atoms with van der Waals surface area (Å²) < 4.78 is 0.942. The minimum atomic E-state index is -0.330. The molecule has 29 heavy (non-hydrogen) atoms. The standard InChI is InChI=1S/C20H22BrClN6O/c1-26(2)17(13-3-5-14(22)6-4-13)20(29)28-9-7-27(8-10-28)19-16-15(21)11-23-18(16)24-12-25-19/h3-6,11-12,17H,7-10H2,1-2H3,(H,23,24,25). The SMILES string of the molecule is CN(C)C(C(=O)N1CCN(c2ncnc3[nH]cc(Br)c23)CC1)c1ccc(Cl)cc1. The van der Waals surface area contributed by atoms with Crippen molar-refractivity contribution in [2.45, 2.75) is 6.04 Å². The zero-order valence-electron chi connectivity index (χ0n) is 16.3. The van der Waals surface area contributed by atoms with Crippen molar-refractivity contribution >= 4 is 50.3 Å². The molecule has 1 aromatic carbocycles. The molecule has 0 bridgehead atoms. The fourth-order valence-corrected chi connectivity index (χ4v) is 4.37. The Kier molecular flexibility index (Phi) is 5.76. The smallest absolute Gasteiger partial charge is 0.244 e. The molecule has 1 fully saturated rings. The van der Waals surface area contributed by atoms with Crippen LogP contribution in [0.25, 0.3) is 11.0 Å². The van der Waals surface area contributed by atoms with Gasteiger partial charge in [0.25, 0.3) is 0 Å². The van der Waals surface area contributed by atoms with E-state index in [1.807, 2.05) is 54.4 Å². The molecule has 2 aromatic heterocycles. The number of aromatic nitrogens is 3. The molecular weight excluding hydrogens is 456 g/mol. The molecule has 1 saturated heterocycles. The normalized spacial score (nSPS) is 15.9. The molecule has 152 valence electrons. The van der Waals surface area contributed by atoms with E-state index in [0.717, 1.165) is 40.0 Å². The third-order valence-corrected chi connectivity index (χ3v) is 6.11. The van der Waals surface area contributed by atoms with Gasteiger partial charge >= 0.3 is 0 Å². The van der Waals surface area contributed by atoms with Gasteiger partial charge in [0.2, 0.25) is 5.91 Å². The van der Waals surface area contributed by atoms with Crippen molar-refractivity contribution < 1.29 is 4.79 Å². The fraction of sp³-hybridized carbons (Fsp3) is 0.350. The average Bonchev–Trinajstić information content (AvgIpc) is 3.11. The van der Waals surface area contributed by atoms with Crippen LogP contribution in [0, 0.1) is 0 Å². The van der Waals surface area contributed by atoms with E-state index < -0.39 is 0 Å². The summed E-state index contributed by atoms with van der Waals surface area (Å²) in [5, 5.41) is 1.64. The Morgan fingerprint density at radius 1 is 1.17 bits per heavy atom. The number of likely N-dealkylation sites (N-methyl/N-ethyl adjacent to an activating group) is 1. The largest absolute Gasteiger partial charge is 0.352 e. The summed E-state index contributed by atoms with van der Waals surface area (Å²) in [5.41, 5.74) is 1.75. The molecule has 7 nitrogen and oxygen atoms in total. The first-order valence-electron chi connectivity index (χ1n) is 9.39. The fourth-order valence-electron chi connectivity index (χ4n) is 3.77. The number of benzene rings is 1. The number of anilines is 1. The second-order valence-electron chi connectivity index (χ2n) is 7.29. The molecule has 0 aliphatic carbocycles. The maximum Gasteiger partial charge on any atom is 0.244 e. The number of carbonyl (C=O) groups is 1. The van der Waals surface area contributed by atoms with E-state index >= 15 is 0 Å². The Labute approximate surface area is 182 Å². The predicted octanol–water partition coefficient (Wildman–Crippen LogP) is 3.33. The molecule has 1 aliphatic rings. The number of halogens is 2. The highest BCUT2D eigenvalue weighted by Gasteiger charge is 2.31. The molecule has 1 amide bonds. The lowest BCUT2D eigenvalue weighted by atomic mass is 10.0. The minimum Gasteiger partial charge on any atom is -0.352 e. The summed E-state index contributed by atoms with van der Waals surface area (Å²) >= 11 is 9.58. The second-order valence-corrected chi connectivity index (χ2v) is 8.58. The number of aromatic amines is 1. The number of nitrogens with one attached hydrogen (secondary N) is 1. The van der Waals surface area contributed by atoms with Crippen LogP contribution in [0.5, 0.6) is 0 Å². The van der Waals surface area contributed by atoms with E-state index in [-0.39, 0.29) is 11.9 Å². The van der Waals surface area contributed by atoms with Gasteiger partial charge in [-0.1, -0.05) is 23.7 Å². The number of hydrogen-bond donors (Lipinski definition) is 1. The van der Waals surface area contributed by atoms with Crippen LogP contribution in [-0.2, 0) is 4.79 Å². The van der Waals surface area contributed by atoms with Crippen molar-refractivity contribution in [2.24, 2.45) is 0 Å². The molecule has 0 spiro atoms. The van der Waals surface area contributed by atoms with Crippen molar-refractivity contribution in [3.8, 4) is 0 Å². The van der Waals surface area contributed by atoms with Gasteiger partial charge in [0.05, 0.1) is 5.39 Å². The number of hydrogen-bond acceptors (Lipinski definition) is 5. The summed E-state index contributed by atoms with van der Waals surface area (Å²) in [4.78, 5) is 31.3. The number of piperazine rings is 1. The van der Waals surface area contributed by atoms with Crippen LogP contribution < -0.4 is 4.90 Å². The Bertz CT molecular complexity index is 1010. The Morgan fingerprint density at radius 2 is 1.86 bits per heavy atom. The zero-order valence-corrected chi connectivity index (χ0v) is 18.6. The summed E-state index contributed by atoms with van der Waals surface area (Å²) in [6.45, 7) is 2.72. The van der Waals surface area contributed by atoms with Crippen LogP contribution in [-0.4, -0.2) is 70.9 Å². The molecule has 0 saturated carbocycles. The monoisotopic (exact) mass is 476 g/mol. The van der Waals surface area contributed by atoms with Gasteiger partial charge in [-0.25, -0.2) is 9.97 Å². The van der Waals surface area contributed by atoms with Crippen molar-refractivity contribution in [2.75, 3.05) is 45.2 Å². The van der Waals surface area contributed by atoms with Gasteiger partial charge in [-0.05, 0) is 47.7 Å². The molecule has 1 atom stereocenters. The first kappa shape index (κ1) is 20.1. The Balaban J connectivity index is 1.50. The molecule has 1 N–H and O–H groups in total. The number of H-pyrrole nitrogens is 1. The van der Waals surface area contributed by atoms with E-state index in [4.69, 9.17) is 11.6 Å². The van der Waals surface area contributed by atoms with Gasteiger partial charge in [-0.15, -0.1) is 0 Å². The first-order valence-corrected chi connectivity index (χ1v) is 10.6. The van der Waals surface area contributed by atoms with Gasteiger partial charge in [0.1, 0.15) is 23.8 Å². The van der Waals surface area contributed by atoms with Gasteiger partial charge in [0, 0.05) is 41.9 Å². The lowest BCUT2D eigenvalue weighted by Gasteiger charge is -2.38. The predicted molar refractivity (Wildman–Crippen MR) is 118 cm³/mol. The highest BCUT2D eigenvalue weighted by Crippen LogP contribution is 2.31. The molecule has 3 aromatic rings. The van der Waals surface area contributed by atoms with Crippen LogP contribution in [0.3, 0.4) is 0 Å². The minimum absolute atomic E-state index is 0.104. The highest BCUT2D eigenvalue weighted by molar-refractivity contribution is 9.10. The average molecular weight is 478 g/mol. The van der Waals surface area contributed by atoms with Crippen LogP contribution >= 0.6 is 27.5 Å². The van der Waals surface area contributed by atoms with E-state index in [2.05, 4.69) is 35.8 Å². The van der Waals surface area contributed by atoms with Crippen molar-refractivity contribution in [1.29, 1.82) is 0 Å². The van der Waals surface area contributed by atoms with Crippen LogP contribution in [0.2, 0.25) is 5.02 Å². The van der Waals surface area contributed by atoms with Crippen LogP contribution in [0.4, 0.5) is 5.82 Å². The van der Waals surface area contributed by atoms with E-state index in [0.29, 0.717) is 18.1 Å². The second kappa shape index (κ2) is 8.30. The molecule has 9 heteroatoms. The van der Waals surface area contributed by atoms with Gasteiger partial charge in [-0.2, -0.15) is 0 Å². The summed E-state index contributed by atoms with van der Waals surface area (Å²) in [5.74, 6) is 0.990. The lowest BCUT2D eigenvalue weighted by Crippen LogP contribution is -2.51.